The lowest BCUT2D eigenvalue weighted by Gasteiger charge is -2.35. The summed E-state index contributed by atoms with van der Waals surface area (Å²) in [6.45, 7) is 0.384. The minimum atomic E-state index is -3.68. The molecular formula is C33H35N3O9S2. The molecule has 0 spiro atoms. The Balaban J connectivity index is 1.15. The first-order valence-electron chi connectivity index (χ1n) is 15.5. The van der Waals surface area contributed by atoms with Crippen LogP contribution in [0.5, 0.6) is 0 Å². The van der Waals surface area contributed by atoms with E-state index in [0.29, 0.717) is 66.0 Å². The summed E-state index contributed by atoms with van der Waals surface area (Å²) in [4.78, 5) is 63.9. The normalized spacial score (nSPS) is 22.1. The van der Waals surface area contributed by atoms with Crippen molar-refractivity contribution in [1.29, 1.82) is 0 Å². The van der Waals surface area contributed by atoms with E-state index in [-0.39, 0.29) is 25.3 Å². The summed E-state index contributed by atoms with van der Waals surface area (Å²) >= 11 is 1.28. The van der Waals surface area contributed by atoms with Gasteiger partial charge in [-0.2, -0.15) is 5.06 Å². The maximum Gasteiger partial charge on any atom is 0.261 e. The van der Waals surface area contributed by atoms with Crippen molar-refractivity contribution in [3.8, 4) is 10.4 Å². The Hall–Kier alpha value is -3.95. The number of hydrogen-bond donors (Lipinski definition) is 1. The van der Waals surface area contributed by atoms with Crippen molar-refractivity contribution in [2.24, 2.45) is 0 Å². The molecule has 3 aliphatic heterocycles. The number of fused-ring (bicyclic) bond motifs is 1. The van der Waals surface area contributed by atoms with Crippen molar-refractivity contribution in [2.45, 2.75) is 56.0 Å². The van der Waals surface area contributed by atoms with Gasteiger partial charge in [0.15, 0.2) is 16.1 Å². The van der Waals surface area contributed by atoms with Gasteiger partial charge in [-0.3, -0.25) is 28.9 Å². The number of amides is 4. The third kappa shape index (κ3) is 6.74. The molecule has 47 heavy (non-hydrogen) atoms. The van der Waals surface area contributed by atoms with Crippen molar-refractivity contribution >= 4 is 51.0 Å². The third-order valence-electron chi connectivity index (χ3n) is 8.69. The maximum atomic E-state index is 13.6. The Morgan fingerprint density at radius 3 is 2.53 bits per heavy atom. The minimum absolute atomic E-state index is 0.0120. The lowest BCUT2D eigenvalue weighted by molar-refractivity contribution is -0.200. The van der Waals surface area contributed by atoms with Crippen molar-refractivity contribution in [2.75, 3.05) is 30.6 Å². The minimum Gasteiger partial charge on any atom is -0.350 e. The van der Waals surface area contributed by atoms with E-state index in [2.05, 4.69) is 5.48 Å². The number of benzene rings is 2. The van der Waals surface area contributed by atoms with Crippen molar-refractivity contribution in [3.63, 3.8) is 0 Å². The number of anilines is 1. The molecule has 1 N–H and O–H groups in total. The fourth-order valence-electron chi connectivity index (χ4n) is 6.22. The van der Waals surface area contributed by atoms with Gasteiger partial charge in [-0.1, -0.05) is 30.7 Å². The fourth-order valence-corrected chi connectivity index (χ4v) is 9.99. The standard InChI is InChI=1S/C33H35N3O9S2/c37-22-36(44-18-16-35-31(39)25-10-1-2-11-26(25)32(35)40)24-9-7-8-23(20-24)27-13-14-28(46-27)33(15-4-6-19-47(33,41)42)21-29(38)34-45-30-12-3-5-17-43-30/h1-2,7-11,13-14,20,22,30H,3-6,12,15-19,21H2,(H,34,38)/t30?,33-/m0/s1. The van der Waals surface area contributed by atoms with Crippen LogP contribution in [-0.4, -0.2) is 69.3 Å². The number of imide groups is 1. The number of rotatable bonds is 12. The van der Waals surface area contributed by atoms with Crippen LogP contribution in [0.25, 0.3) is 10.4 Å². The quantitative estimate of drug-likeness (QED) is 0.167. The van der Waals surface area contributed by atoms with Crippen LogP contribution in [0.1, 0.15) is 70.5 Å². The van der Waals surface area contributed by atoms with Gasteiger partial charge < -0.3 is 4.74 Å². The zero-order valence-corrected chi connectivity index (χ0v) is 27.2. The molecule has 0 bridgehead atoms. The fraction of sp³-hybridized carbons (Fsp3) is 0.394. The number of carbonyl (C=O) groups is 4. The number of ether oxygens (including phenoxy) is 1. The number of sulfone groups is 1. The molecule has 0 radical (unpaired) electrons. The first-order chi connectivity index (χ1) is 22.7. The first kappa shape index (κ1) is 33.0. The highest BCUT2D eigenvalue weighted by molar-refractivity contribution is 7.92. The maximum absolute atomic E-state index is 13.6. The van der Waals surface area contributed by atoms with Crippen LogP contribution in [-0.2, 0) is 38.6 Å². The Morgan fingerprint density at radius 2 is 1.83 bits per heavy atom. The van der Waals surface area contributed by atoms with E-state index >= 15 is 0 Å². The number of carbonyl (C=O) groups excluding carboxylic acids is 4. The van der Waals surface area contributed by atoms with E-state index in [1.807, 2.05) is 12.1 Å². The van der Waals surface area contributed by atoms with Crippen LogP contribution in [0.2, 0.25) is 0 Å². The lowest BCUT2D eigenvalue weighted by Crippen LogP contribution is -2.45. The van der Waals surface area contributed by atoms with E-state index in [0.717, 1.165) is 27.7 Å². The predicted molar refractivity (Wildman–Crippen MR) is 173 cm³/mol. The molecule has 2 aromatic carbocycles. The van der Waals surface area contributed by atoms with Crippen LogP contribution >= 0.6 is 11.3 Å². The van der Waals surface area contributed by atoms with E-state index in [4.69, 9.17) is 14.4 Å². The van der Waals surface area contributed by atoms with Gasteiger partial charge >= 0.3 is 0 Å². The Morgan fingerprint density at radius 1 is 1.04 bits per heavy atom. The molecule has 2 atom stereocenters. The van der Waals surface area contributed by atoms with Gasteiger partial charge in [0.1, 0.15) is 4.75 Å². The molecule has 248 valence electrons. The molecule has 3 aromatic rings. The Kier molecular flexibility index (Phi) is 9.85. The van der Waals surface area contributed by atoms with E-state index in [1.165, 1.54) is 11.3 Å². The molecule has 1 unspecified atom stereocenters. The van der Waals surface area contributed by atoms with Crippen LogP contribution in [0.4, 0.5) is 5.69 Å². The molecule has 12 nitrogen and oxygen atoms in total. The highest BCUT2D eigenvalue weighted by Gasteiger charge is 2.49. The highest BCUT2D eigenvalue weighted by Crippen LogP contribution is 2.47. The summed E-state index contributed by atoms with van der Waals surface area (Å²) in [5.74, 6) is -1.37. The van der Waals surface area contributed by atoms with E-state index in [9.17, 15) is 27.6 Å². The number of nitrogens with one attached hydrogen (secondary N) is 1. The SMILES string of the molecule is O=CN(OCCN1C(=O)c2ccccc2C1=O)c1cccc(-c2ccc([C@@]3(CC(=O)NOC4CCCCO4)CCCCS3(=O)=O)s2)c1. The van der Waals surface area contributed by atoms with Crippen LogP contribution in [0.15, 0.2) is 60.7 Å². The molecule has 4 heterocycles. The predicted octanol–water partition coefficient (Wildman–Crippen LogP) is 4.36. The number of hydrogen-bond acceptors (Lipinski definition) is 10. The second kappa shape index (κ2) is 14.0. The molecule has 0 aliphatic carbocycles. The zero-order valence-electron chi connectivity index (χ0n) is 25.6. The molecule has 2 fully saturated rings. The van der Waals surface area contributed by atoms with Gasteiger partial charge in [0.25, 0.3) is 11.8 Å². The molecule has 6 rings (SSSR count). The summed E-state index contributed by atoms with van der Waals surface area (Å²) in [5.41, 5.74) is 4.20. The van der Waals surface area contributed by atoms with Crippen LogP contribution < -0.4 is 10.5 Å². The number of hydroxylamine groups is 2. The number of thiophene rings is 1. The summed E-state index contributed by atoms with van der Waals surface area (Å²) in [7, 11) is -3.68. The van der Waals surface area contributed by atoms with E-state index < -0.39 is 38.6 Å². The smallest absolute Gasteiger partial charge is 0.261 e. The van der Waals surface area contributed by atoms with Gasteiger partial charge in [0, 0.05) is 22.8 Å². The molecule has 4 amide bonds. The van der Waals surface area contributed by atoms with Gasteiger partial charge in [-0.25, -0.2) is 18.7 Å². The van der Waals surface area contributed by atoms with Crippen LogP contribution in [0.3, 0.4) is 0 Å². The van der Waals surface area contributed by atoms with Gasteiger partial charge in [-0.15, -0.1) is 11.3 Å². The van der Waals surface area contributed by atoms with Crippen LogP contribution in [0, 0.1) is 0 Å². The molecule has 1 aromatic heterocycles. The monoisotopic (exact) mass is 681 g/mol. The summed E-state index contributed by atoms with van der Waals surface area (Å²) in [6, 6.07) is 17.1. The van der Waals surface area contributed by atoms with E-state index in [1.54, 1.807) is 48.5 Å². The molecule has 14 heteroatoms. The molecule has 3 aliphatic rings. The second-order valence-electron chi connectivity index (χ2n) is 11.7. The average molecular weight is 682 g/mol. The molecular weight excluding hydrogens is 647 g/mol. The van der Waals surface area contributed by atoms with Gasteiger partial charge in [0.2, 0.25) is 12.3 Å². The largest absolute Gasteiger partial charge is 0.350 e. The van der Waals surface area contributed by atoms with Gasteiger partial charge in [0.05, 0.1) is 42.1 Å². The lowest BCUT2D eigenvalue weighted by atomic mass is 9.94. The number of nitrogens with zero attached hydrogens (tertiary/aromatic N) is 2. The zero-order chi connectivity index (χ0) is 33.0. The first-order valence-corrected chi connectivity index (χ1v) is 18.0. The average Bonchev–Trinajstić information content (AvgIpc) is 3.68. The Labute approximate surface area is 276 Å². The highest BCUT2D eigenvalue weighted by atomic mass is 32.2. The van der Waals surface area contributed by atoms with Crippen molar-refractivity contribution < 1.29 is 42.0 Å². The van der Waals surface area contributed by atoms with Crippen molar-refractivity contribution in [3.05, 3.63) is 76.7 Å². The summed E-state index contributed by atoms with van der Waals surface area (Å²) in [5, 5.41) is 1.02. The topological polar surface area (TPSA) is 149 Å². The Bertz CT molecular complexity index is 1730. The third-order valence-corrected chi connectivity index (χ3v) is 12.7. The summed E-state index contributed by atoms with van der Waals surface area (Å²) in [6.07, 6.45) is 3.66. The summed E-state index contributed by atoms with van der Waals surface area (Å²) < 4.78 is 31.4. The second-order valence-corrected chi connectivity index (χ2v) is 15.2. The molecule has 2 saturated heterocycles. The van der Waals surface area contributed by atoms with Gasteiger partial charge in [-0.05, 0) is 67.6 Å². The molecule has 0 saturated carbocycles. The van der Waals surface area contributed by atoms with Crippen molar-refractivity contribution in [1.82, 2.24) is 10.4 Å².